The van der Waals surface area contributed by atoms with Crippen molar-refractivity contribution in [2.24, 2.45) is 5.73 Å². The molecule has 3 aromatic rings. The second-order valence-electron chi connectivity index (χ2n) is 5.03. The maximum atomic E-state index is 11.6. The number of primary amides is 1. The summed E-state index contributed by atoms with van der Waals surface area (Å²) in [4.78, 5) is 22.1. The van der Waals surface area contributed by atoms with Gasteiger partial charge < -0.3 is 5.73 Å². The molecule has 118 valence electrons. The molecule has 3 rings (SSSR count). The summed E-state index contributed by atoms with van der Waals surface area (Å²) in [6.45, 7) is 0. The van der Waals surface area contributed by atoms with Crippen LogP contribution in [0.15, 0.2) is 60.7 Å². The van der Waals surface area contributed by atoms with E-state index in [1.165, 1.54) is 12.1 Å². The van der Waals surface area contributed by atoms with E-state index in [1.54, 1.807) is 18.2 Å². The number of rotatable bonds is 4. The SMILES string of the molecule is NC(=O)c1nnc(-c2ccccc2)cc1-c1cccc([N+](=O)[O-])c1. The molecule has 0 aliphatic heterocycles. The zero-order chi connectivity index (χ0) is 17.1. The highest BCUT2D eigenvalue weighted by Crippen LogP contribution is 2.28. The van der Waals surface area contributed by atoms with E-state index >= 15 is 0 Å². The van der Waals surface area contributed by atoms with Gasteiger partial charge >= 0.3 is 0 Å². The van der Waals surface area contributed by atoms with Crippen LogP contribution in [0, 0.1) is 10.1 Å². The van der Waals surface area contributed by atoms with Crippen molar-refractivity contribution in [3.8, 4) is 22.4 Å². The molecule has 24 heavy (non-hydrogen) atoms. The second-order valence-corrected chi connectivity index (χ2v) is 5.03. The Morgan fingerprint density at radius 2 is 1.67 bits per heavy atom. The Kier molecular flexibility index (Phi) is 3.98. The molecule has 0 saturated carbocycles. The van der Waals surface area contributed by atoms with Gasteiger partial charge in [0.2, 0.25) is 0 Å². The third-order valence-electron chi connectivity index (χ3n) is 3.46. The lowest BCUT2D eigenvalue weighted by atomic mass is 10.0. The lowest BCUT2D eigenvalue weighted by Crippen LogP contribution is -2.15. The van der Waals surface area contributed by atoms with Gasteiger partial charge in [-0.2, -0.15) is 0 Å². The minimum absolute atomic E-state index is 0.0322. The average molecular weight is 320 g/mol. The molecule has 0 atom stereocenters. The number of carbonyl (C=O) groups is 1. The van der Waals surface area contributed by atoms with Crippen LogP contribution < -0.4 is 5.73 Å². The number of nitro groups is 1. The number of nitro benzene ring substituents is 1. The minimum atomic E-state index is -0.747. The molecule has 0 fully saturated rings. The average Bonchev–Trinajstić information content (AvgIpc) is 2.62. The molecule has 1 aromatic heterocycles. The number of hydrogen-bond donors (Lipinski definition) is 1. The van der Waals surface area contributed by atoms with E-state index in [2.05, 4.69) is 10.2 Å². The Morgan fingerprint density at radius 1 is 0.958 bits per heavy atom. The summed E-state index contributed by atoms with van der Waals surface area (Å²) in [5.74, 6) is -0.747. The van der Waals surface area contributed by atoms with E-state index in [0.717, 1.165) is 5.56 Å². The number of carbonyl (C=O) groups excluding carboxylic acids is 1. The van der Waals surface area contributed by atoms with Crippen LogP contribution in [0.25, 0.3) is 22.4 Å². The molecular formula is C17H12N4O3. The van der Waals surface area contributed by atoms with Crippen LogP contribution in [0.4, 0.5) is 5.69 Å². The van der Waals surface area contributed by atoms with E-state index in [-0.39, 0.29) is 11.4 Å². The molecule has 0 aliphatic rings. The van der Waals surface area contributed by atoms with Gasteiger partial charge in [0.15, 0.2) is 5.69 Å². The highest BCUT2D eigenvalue weighted by atomic mass is 16.6. The topological polar surface area (TPSA) is 112 Å². The zero-order valence-corrected chi connectivity index (χ0v) is 12.4. The van der Waals surface area contributed by atoms with Crippen molar-refractivity contribution in [2.75, 3.05) is 0 Å². The number of amides is 1. The van der Waals surface area contributed by atoms with Gasteiger partial charge in [-0.3, -0.25) is 14.9 Å². The van der Waals surface area contributed by atoms with Gasteiger partial charge in [0.25, 0.3) is 11.6 Å². The first-order chi connectivity index (χ1) is 11.6. The largest absolute Gasteiger partial charge is 0.364 e. The Labute approximate surface area is 136 Å². The first-order valence-corrected chi connectivity index (χ1v) is 7.04. The van der Waals surface area contributed by atoms with E-state index in [4.69, 9.17) is 5.73 Å². The molecule has 0 saturated heterocycles. The molecular weight excluding hydrogens is 308 g/mol. The Bertz CT molecular complexity index is 926. The Hall–Kier alpha value is -3.61. The fourth-order valence-corrected chi connectivity index (χ4v) is 2.33. The summed E-state index contributed by atoms with van der Waals surface area (Å²) in [5.41, 5.74) is 7.48. The van der Waals surface area contributed by atoms with E-state index in [9.17, 15) is 14.9 Å². The first-order valence-electron chi connectivity index (χ1n) is 7.04. The maximum Gasteiger partial charge on any atom is 0.270 e. The monoisotopic (exact) mass is 320 g/mol. The molecule has 7 heteroatoms. The molecule has 1 heterocycles. The highest BCUT2D eigenvalue weighted by molar-refractivity contribution is 5.98. The number of benzene rings is 2. The summed E-state index contributed by atoms with van der Waals surface area (Å²) < 4.78 is 0. The van der Waals surface area contributed by atoms with Crippen molar-refractivity contribution in [3.05, 3.63) is 76.5 Å². The van der Waals surface area contributed by atoms with Crippen molar-refractivity contribution in [2.45, 2.75) is 0 Å². The standard InChI is InChI=1S/C17H12N4O3/c18-17(22)16-14(12-7-4-8-13(9-12)21(23)24)10-15(19-20-16)11-5-2-1-3-6-11/h1-10H,(H2,18,22). The van der Waals surface area contributed by atoms with Crippen molar-refractivity contribution in [1.29, 1.82) is 0 Å². The lowest BCUT2D eigenvalue weighted by Gasteiger charge is -2.08. The Balaban J connectivity index is 2.19. The third-order valence-corrected chi connectivity index (χ3v) is 3.46. The van der Waals surface area contributed by atoms with Gasteiger partial charge in [0.1, 0.15) is 0 Å². The van der Waals surface area contributed by atoms with Crippen molar-refractivity contribution in [3.63, 3.8) is 0 Å². The van der Waals surface area contributed by atoms with Crippen molar-refractivity contribution < 1.29 is 9.72 Å². The van der Waals surface area contributed by atoms with Crippen LogP contribution in [-0.4, -0.2) is 21.0 Å². The fraction of sp³-hybridized carbons (Fsp3) is 0. The van der Waals surface area contributed by atoms with Gasteiger partial charge in [0, 0.05) is 23.3 Å². The summed E-state index contributed by atoms with van der Waals surface area (Å²) in [6, 6.07) is 16.9. The second kappa shape index (κ2) is 6.25. The number of aromatic nitrogens is 2. The molecule has 0 unspecified atom stereocenters. The van der Waals surface area contributed by atoms with Crippen LogP contribution in [0.5, 0.6) is 0 Å². The number of hydrogen-bond acceptors (Lipinski definition) is 5. The van der Waals surface area contributed by atoms with Crippen LogP contribution in [0.1, 0.15) is 10.5 Å². The quantitative estimate of drug-likeness (QED) is 0.586. The predicted molar refractivity (Wildman–Crippen MR) is 88.1 cm³/mol. The number of non-ortho nitro benzene ring substituents is 1. The number of nitrogens with zero attached hydrogens (tertiary/aromatic N) is 3. The smallest absolute Gasteiger partial charge is 0.270 e. The van der Waals surface area contributed by atoms with Gasteiger partial charge in [-0.25, -0.2) is 0 Å². The fourth-order valence-electron chi connectivity index (χ4n) is 2.33. The van der Waals surface area contributed by atoms with E-state index in [1.807, 2.05) is 30.3 Å². The summed E-state index contributed by atoms with van der Waals surface area (Å²) >= 11 is 0. The van der Waals surface area contributed by atoms with Gasteiger partial charge in [0.05, 0.1) is 10.6 Å². The molecule has 0 radical (unpaired) electrons. The molecule has 2 N–H and O–H groups in total. The summed E-state index contributed by atoms with van der Waals surface area (Å²) in [5, 5.41) is 18.9. The molecule has 0 bridgehead atoms. The highest BCUT2D eigenvalue weighted by Gasteiger charge is 2.17. The predicted octanol–water partition coefficient (Wildman–Crippen LogP) is 2.82. The van der Waals surface area contributed by atoms with Crippen LogP contribution in [0.2, 0.25) is 0 Å². The van der Waals surface area contributed by atoms with E-state index < -0.39 is 10.8 Å². The summed E-state index contributed by atoms with van der Waals surface area (Å²) in [6.07, 6.45) is 0. The lowest BCUT2D eigenvalue weighted by molar-refractivity contribution is -0.384. The van der Waals surface area contributed by atoms with Crippen LogP contribution in [-0.2, 0) is 0 Å². The first kappa shape index (κ1) is 15.3. The van der Waals surface area contributed by atoms with Gasteiger partial charge in [-0.05, 0) is 11.6 Å². The van der Waals surface area contributed by atoms with Gasteiger partial charge in [-0.15, -0.1) is 10.2 Å². The number of nitrogens with two attached hydrogens (primary N) is 1. The molecule has 0 aliphatic carbocycles. The molecule has 7 nitrogen and oxygen atoms in total. The van der Waals surface area contributed by atoms with Crippen LogP contribution >= 0.6 is 0 Å². The zero-order valence-electron chi connectivity index (χ0n) is 12.4. The molecule has 2 aromatic carbocycles. The van der Waals surface area contributed by atoms with Gasteiger partial charge in [-0.1, -0.05) is 42.5 Å². The molecule has 1 amide bonds. The molecule has 0 spiro atoms. The minimum Gasteiger partial charge on any atom is -0.364 e. The van der Waals surface area contributed by atoms with E-state index in [0.29, 0.717) is 16.8 Å². The normalized spacial score (nSPS) is 10.3. The third kappa shape index (κ3) is 2.95. The maximum absolute atomic E-state index is 11.6. The van der Waals surface area contributed by atoms with Crippen LogP contribution in [0.3, 0.4) is 0 Å². The van der Waals surface area contributed by atoms with Crippen molar-refractivity contribution in [1.82, 2.24) is 10.2 Å². The van der Waals surface area contributed by atoms with Crippen molar-refractivity contribution >= 4 is 11.6 Å². The Morgan fingerprint density at radius 3 is 2.33 bits per heavy atom. The summed E-state index contributed by atoms with van der Waals surface area (Å²) in [7, 11) is 0.